The summed E-state index contributed by atoms with van der Waals surface area (Å²) >= 11 is 0. The number of piperidine rings is 1. The molecule has 1 aromatic carbocycles. The lowest BCUT2D eigenvalue weighted by Gasteiger charge is -2.31. The molecule has 0 aliphatic carbocycles. The first-order chi connectivity index (χ1) is 14.5. The lowest BCUT2D eigenvalue weighted by molar-refractivity contribution is -0.120. The van der Waals surface area contributed by atoms with Crippen LogP contribution in [0.4, 0.5) is 11.5 Å². The number of methoxy groups -OCH3 is 1. The molecule has 0 spiro atoms. The van der Waals surface area contributed by atoms with E-state index >= 15 is 0 Å². The van der Waals surface area contributed by atoms with E-state index in [9.17, 15) is 4.79 Å². The number of hydrogen-bond acceptors (Lipinski definition) is 6. The van der Waals surface area contributed by atoms with Crippen LogP contribution in [-0.4, -0.2) is 46.1 Å². The Kier molecular flexibility index (Phi) is 5.65. The number of hydrogen-bond donors (Lipinski definition) is 1. The van der Waals surface area contributed by atoms with Crippen molar-refractivity contribution in [1.29, 1.82) is 0 Å². The third-order valence-electron chi connectivity index (χ3n) is 5.39. The zero-order valence-electron chi connectivity index (χ0n) is 17.5. The fourth-order valence-corrected chi connectivity index (χ4v) is 3.78. The van der Waals surface area contributed by atoms with Crippen molar-refractivity contribution in [2.24, 2.45) is 5.92 Å². The summed E-state index contributed by atoms with van der Waals surface area (Å²) in [6.07, 6.45) is 1.55. The topological polar surface area (TPSA) is 85.2 Å². The van der Waals surface area contributed by atoms with Crippen LogP contribution >= 0.6 is 0 Å². The monoisotopic (exact) mass is 406 g/mol. The number of nitrogens with one attached hydrogen (secondary N) is 1. The van der Waals surface area contributed by atoms with Gasteiger partial charge < -0.3 is 15.0 Å². The maximum absolute atomic E-state index is 12.6. The molecule has 0 bridgehead atoms. The largest absolute Gasteiger partial charge is 0.497 e. The maximum atomic E-state index is 12.6. The Hall–Kier alpha value is -3.42. The molecule has 0 unspecified atom stereocenters. The van der Waals surface area contributed by atoms with Crippen molar-refractivity contribution < 1.29 is 9.53 Å². The standard InChI is InChI=1S/C22H26N6O2/c1-15-13-16(2)28(26-15)21-8-7-20(24-25-21)27-11-9-17(10-12-27)22(29)23-18-5-4-6-19(14-18)30-3/h4-8,13-14,17H,9-12H2,1-3H3,(H,23,29). The summed E-state index contributed by atoms with van der Waals surface area (Å²) < 4.78 is 7.01. The van der Waals surface area contributed by atoms with Crippen molar-refractivity contribution >= 4 is 17.4 Å². The van der Waals surface area contributed by atoms with Crippen LogP contribution in [0.15, 0.2) is 42.5 Å². The predicted octanol–water partition coefficient (Wildman–Crippen LogP) is 3.14. The van der Waals surface area contributed by atoms with Crippen LogP contribution in [0.5, 0.6) is 5.75 Å². The molecule has 1 aliphatic heterocycles. The fraction of sp³-hybridized carbons (Fsp3) is 0.364. The molecule has 1 aliphatic rings. The summed E-state index contributed by atoms with van der Waals surface area (Å²) in [4.78, 5) is 14.8. The van der Waals surface area contributed by atoms with Crippen LogP contribution in [0.2, 0.25) is 0 Å². The molecule has 3 aromatic rings. The summed E-state index contributed by atoms with van der Waals surface area (Å²) in [5.74, 6) is 2.29. The number of benzene rings is 1. The van der Waals surface area contributed by atoms with Crippen LogP contribution in [0.1, 0.15) is 24.2 Å². The van der Waals surface area contributed by atoms with E-state index in [-0.39, 0.29) is 11.8 Å². The van der Waals surface area contributed by atoms with E-state index in [0.717, 1.165) is 54.6 Å². The van der Waals surface area contributed by atoms with Gasteiger partial charge in [-0.3, -0.25) is 4.79 Å². The van der Waals surface area contributed by atoms with Gasteiger partial charge in [0.15, 0.2) is 11.6 Å². The normalized spacial score (nSPS) is 14.6. The summed E-state index contributed by atoms with van der Waals surface area (Å²) in [6, 6.07) is 13.3. The Morgan fingerprint density at radius 3 is 2.43 bits per heavy atom. The summed E-state index contributed by atoms with van der Waals surface area (Å²) in [5.41, 5.74) is 2.73. The minimum absolute atomic E-state index is 0.0191. The SMILES string of the molecule is COc1cccc(NC(=O)C2CCN(c3ccc(-n4nc(C)cc4C)nn3)CC2)c1. The molecule has 3 heterocycles. The highest BCUT2D eigenvalue weighted by Gasteiger charge is 2.26. The van der Waals surface area contributed by atoms with Crippen LogP contribution in [0.25, 0.3) is 5.82 Å². The number of rotatable bonds is 5. The van der Waals surface area contributed by atoms with E-state index in [0.29, 0.717) is 5.82 Å². The molecule has 8 nitrogen and oxygen atoms in total. The van der Waals surface area contributed by atoms with Crippen molar-refractivity contribution in [3.8, 4) is 11.6 Å². The number of aromatic nitrogens is 4. The molecular formula is C22H26N6O2. The molecule has 0 radical (unpaired) electrons. The van der Waals surface area contributed by atoms with Gasteiger partial charge in [-0.2, -0.15) is 5.10 Å². The van der Waals surface area contributed by atoms with Crippen LogP contribution in [-0.2, 0) is 4.79 Å². The van der Waals surface area contributed by atoms with Crippen molar-refractivity contribution in [3.63, 3.8) is 0 Å². The lowest BCUT2D eigenvalue weighted by Crippen LogP contribution is -2.38. The van der Waals surface area contributed by atoms with E-state index in [1.165, 1.54) is 0 Å². The number of amides is 1. The quantitative estimate of drug-likeness (QED) is 0.701. The molecule has 0 atom stereocenters. The molecule has 2 aromatic heterocycles. The van der Waals surface area contributed by atoms with Gasteiger partial charge in [0.25, 0.3) is 0 Å². The second-order valence-corrected chi connectivity index (χ2v) is 7.57. The maximum Gasteiger partial charge on any atom is 0.227 e. The predicted molar refractivity (Wildman–Crippen MR) is 115 cm³/mol. The highest BCUT2D eigenvalue weighted by molar-refractivity contribution is 5.92. The van der Waals surface area contributed by atoms with Gasteiger partial charge >= 0.3 is 0 Å². The van der Waals surface area contributed by atoms with Crippen LogP contribution in [0.3, 0.4) is 0 Å². The Morgan fingerprint density at radius 1 is 1.07 bits per heavy atom. The number of aryl methyl sites for hydroxylation is 2. The Morgan fingerprint density at radius 2 is 1.80 bits per heavy atom. The average Bonchev–Trinajstić information content (AvgIpc) is 3.12. The Balaban J connectivity index is 1.35. The molecule has 0 saturated carbocycles. The first-order valence-electron chi connectivity index (χ1n) is 10.1. The molecule has 8 heteroatoms. The zero-order valence-corrected chi connectivity index (χ0v) is 17.5. The van der Waals surface area contributed by atoms with Gasteiger partial charge in [0.05, 0.1) is 12.8 Å². The fourth-order valence-electron chi connectivity index (χ4n) is 3.78. The van der Waals surface area contributed by atoms with Gasteiger partial charge in [0, 0.05) is 36.5 Å². The minimum atomic E-state index is -0.0191. The van der Waals surface area contributed by atoms with E-state index in [1.54, 1.807) is 11.8 Å². The minimum Gasteiger partial charge on any atom is -0.497 e. The number of carbonyl (C=O) groups excluding carboxylic acids is 1. The second-order valence-electron chi connectivity index (χ2n) is 7.57. The van der Waals surface area contributed by atoms with E-state index in [4.69, 9.17) is 4.74 Å². The van der Waals surface area contributed by atoms with Gasteiger partial charge in [0.1, 0.15) is 5.75 Å². The van der Waals surface area contributed by atoms with Crippen molar-refractivity contribution in [3.05, 3.63) is 53.9 Å². The molecule has 4 rings (SSSR count). The zero-order chi connectivity index (χ0) is 21.1. The number of anilines is 2. The summed E-state index contributed by atoms with van der Waals surface area (Å²) in [6.45, 7) is 5.49. The van der Waals surface area contributed by atoms with Crippen LogP contribution < -0.4 is 15.0 Å². The molecular weight excluding hydrogens is 380 g/mol. The average molecular weight is 406 g/mol. The van der Waals surface area contributed by atoms with Gasteiger partial charge in [-0.25, -0.2) is 4.68 Å². The highest BCUT2D eigenvalue weighted by Crippen LogP contribution is 2.24. The first-order valence-corrected chi connectivity index (χ1v) is 10.1. The molecule has 156 valence electrons. The van der Waals surface area contributed by atoms with Crippen molar-refractivity contribution in [2.45, 2.75) is 26.7 Å². The van der Waals surface area contributed by atoms with Crippen LogP contribution in [0, 0.1) is 19.8 Å². The number of carbonyl (C=O) groups is 1. The third kappa shape index (κ3) is 4.27. The third-order valence-corrected chi connectivity index (χ3v) is 5.39. The second kappa shape index (κ2) is 8.52. The summed E-state index contributed by atoms with van der Waals surface area (Å²) in [7, 11) is 1.61. The van der Waals surface area contributed by atoms with E-state index in [2.05, 4.69) is 25.5 Å². The van der Waals surface area contributed by atoms with Crippen molar-refractivity contribution in [2.75, 3.05) is 30.4 Å². The van der Waals surface area contributed by atoms with E-state index in [1.807, 2.05) is 56.3 Å². The number of ether oxygens (including phenoxy) is 1. The van der Waals surface area contributed by atoms with E-state index < -0.39 is 0 Å². The van der Waals surface area contributed by atoms with Gasteiger partial charge in [-0.15, -0.1) is 10.2 Å². The van der Waals surface area contributed by atoms with Gasteiger partial charge in [0.2, 0.25) is 5.91 Å². The lowest BCUT2D eigenvalue weighted by atomic mass is 9.96. The summed E-state index contributed by atoms with van der Waals surface area (Å²) in [5, 5.41) is 16.2. The molecule has 30 heavy (non-hydrogen) atoms. The van der Waals surface area contributed by atoms with Crippen molar-refractivity contribution in [1.82, 2.24) is 20.0 Å². The number of nitrogens with zero attached hydrogens (tertiary/aromatic N) is 5. The molecule has 1 amide bonds. The van der Waals surface area contributed by atoms with Gasteiger partial charge in [-0.05, 0) is 57.0 Å². The Bertz CT molecular complexity index is 1020. The molecule has 1 N–H and O–H groups in total. The molecule has 1 saturated heterocycles. The molecule has 1 fully saturated rings. The van der Waals surface area contributed by atoms with Gasteiger partial charge in [-0.1, -0.05) is 6.07 Å². The highest BCUT2D eigenvalue weighted by atomic mass is 16.5. The smallest absolute Gasteiger partial charge is 0.227 e. The Labute approximate surface area is 175 Å². The first kappa shape index (κ1) is 19.9.